The average molecular weight is 366 g/mol. The molecule has 4 heterocycles. The lowest BCUT2D eigenvalue weighted by atomic mass is 9.96. The van der Waals surface area contributed by atoms with Crippen LogP contribution in [-0.2, 0) is 11.2 Å². The number of nitrogens with zero attached hydrogens (tertiary/aromatic N) is 4. The number of piperidine rings is 1. The molecular formula is C20H22N4O3. The quantitative estimate of drug-likeness (QED) is 0.660. The van der Waals surface area contributed by atoms with E-state index in [1.54, 1.807) is 24.6 Å². The van der Waals surface area contributed by atoms with Gasteiger partial charge in [0.1, 0.15) is 0 Å². The molecule has 1 amide bonds. The molecule has 3 aromatic heterocycles. The van der Waals surface area contributed by atoms with Gasteiger partial charge in [-0.25, -0.2) is 0 Å². The Kier molecular flexibility index (Phi) is 5.27. The number of furan rings is 1. The molecule has 7 heteroatoms. The number of amides is 1. The Morgan fingerprint density at radius 1 is 1.26 bits per heavy atom. The maximum absolute atomic E-state index is 12.8. The van der Waals surface area contributed by atoms with Gasteiger partial charge in [-0.2, -0.15) is 4.98 Å². The minimum atomic E-state index is 0.133. The Balaban J connectivity index is 1.33. The number of pyridine rings is 1. The van der Waals surface area contributed by atoms with Crippen LogP contribution in [0.4, 0.5) is 0 Å². The second kappa shape index (κ2) is 8.16. The summed E-state index contributed by atoms with van der Waals surface area (Å²) in [7, 11) is 0. The fraction of sp³-hybridized carbons (Fsp3) is 0.400. The van der Waals surface area contributed by atoms with E-state index in [9.17, 15) is 4.79 Å². The Bertz CT molecular complexity index is 861. The van der Waals surface area contributed by atoms with E-state index >= 15 is 0 Å². The molecule has 3 aromatic rings. The normalized spacial score (nSPS) is 17.2. The zero-order chi connectivity index (χ0) is 18.5. The number of likely N-dealkylation sites (tertiary alicyclic amines) is 1. The van der Waals surface area contributed by atoms with E-state index in [1.165, 1.54) is 0 Å². The summed E-state index contributed by atoms with van der Waals surface area (Å²) in [5.74, 6) is 1.72. The summed E-state index contributed by atoms with van der Waals surface area (Å²) in [5, 5.41) is 3.92. The number of aryl methyl sites for hydroxylation is 1. The molecule has 0 spiro atoms. The van der Waals surface area contributed by atoms with Gasteiger partial charge in [0.05, 0.1) is 12.3 Å². The molecule has 27 heavy (non-hydrogen) atoms. The summed E-state index contributed by atoms with van der Waals surface area (Å²) in [6.07, 6.45) is 10.1. The van der Waals surface area contributed by atoms with Crippen LogP contribution < -0.4 is 0 Å². The topological polar surface area (TPSA) is 85.3 Å². The SMILES string of the molecule is O=C(CCCc1nc(-c2ccco2)no1)N1CCCC[C@@H]1c1cccnc1. The smallest absolute Gasteiger partial charge is 0.238 e. The summed E-state index contributed by atoms with van der Waals surface area (Å²) >= 11 is 0. The van der Waals surface area contributed by atoms with Crippen LogP contribution in [0.15, 0.2) is 51.9 Å². The van der Waals surface area contributed by atoms with E-state index in [1.807, 2.05) is 17.2 Å². The first-order valence-corrected chi connectivity index (χ1v) is 9.37. The highest BCUT2D eigenvalue weighted by atomic mass is 16.5. The van der Waals surface area contributed by atoms with Crippen molar-refractivity contribution in [2.24, 2.45) is 0 Å². The van der Waals surface area contributed by atoms with Gasteiger partial charge < -0.3 is 13.8 Å². The van der Waals surface area contributed by atoms with Crippen molar-refractivity contribution in [2.75, 3.05) is 6.54 Å². The van der Waals surface area contributed by atoms with Gasteiger partial charge in [-0.05, 0) is 49.4 Å². The zero-order valence-corrected chi connectivity index (χ0v) is 15.1. The molecule has 1 saturated heterocycles. The molecule has 0 unspecified atom stereocenters. The van der Waals surface area contributed by atoms with Crippen molar-refractivity contribution >= 4 is 5.91 Å². The van der Waals surface area contributed by atoms with E-state index in [4.69, 9.17) is 8.94 Å². The first kappa shape index (κ1) is 17.5. The predicted octanol–water partition coefficient (Wildman–Crippen LogP) is 3.80. The third-order valence-corrected chi connectivity index (χ3v) is 4.88. The van der Waals surface area contributed by atoms with Crippen LogP contribution in [0.5, 0.6) is 0 Å². The van der Waals surface area contributed by atoms with E-state index in [2.05, 4.69) is 21.2 Å². The molecule has 140 valence electrons. The van der Waals surface area contributed by atoms with Crippen molar-refractivity contribution in [1.82, 2.24) is 20.0 Å². The zero-order valence-electron chi connectivity index (χ0n) is 15.1. The Labute approximate surface area is 157 Å². The lowest BCUT2D eigenvalue weighted by Crippen LogP contribution is -2.38. The summed E-state index contributed by atoms with van der Waals surface area (Å²) in [6, 6.07) is 7.68. The van der Waals surface area contributed by atoms with Gasteiger partial charge >= 0.3 is 0 Å². The Morgan fingerprint density at radius 3 is 3.04 bits per heavy atom. The monoisotopic (exact) mass is 366 g/mol. The van der Waals surface area contributed by atoms with Gasteiger partial charge in [0.15, 0.2) is 5.76 Å². The first-order valence-electron chi connectivity index (χ1n) is 9.37. The number of carbonyl (C=O) groups excluding carboxylic acids is 1. The molecule has 1 atom stereocenters. The van der Waals surface area contributed by atoms with Crippen molar-refractivity contribution in [3.05, 3.63) is 54.4 Å². The Morgan fingerprint density at radius 2 is 2.22 bits per heavy atom. The van der Waals surface area contributed by atoms with E-state index in [-0.39, 0.29) is 11.9 Å². The average Bonchev–Trinajstić information content (AvgIpc) is 3.40. The van der Waals surface area contributed by atoms with Crippen LogP contribution in [0.3, 0.4) is 0 Å². The molecule has 1 aliphatic heterocycles. The number of aromatic nitrogens is 3. The maximum Gasteiger partial charge on any atom is 0.238 e. The van der Waals surface area contributed by atoms with Crippen molar-refractivity contribution in [1.29, 1.82) is 0 Å². The van der Waals surface area contributed by atoms with Crippen LogP contribution in [0, 0.1) is 0 Å². The fourth-order valence-electron chi connectivity index (χ4n) is 3.55. The van der Waals surface area contributed by atoms with Crippen LogP contribution in [0.1, 0.15) is 49.6 Å². The number of hydrogen-bond donors (Lipinski definition) is 0. The van der Waals surface area contributed by atoms with Gasteiger partial charge in [0.25, 0.3) is 0 Å². The number of carbonyl (C=O) groups is 1. The standard InChI is InChI=1S/C20H22N4O3/c25-19(24-12-2-1-7-16(24)15-6-4-11-21-14-15)10-3-9-18-22-20(23-27-18)17-8-5-13-26-17/h4-6,8,11,13-14,16H,1-3,7,9-10,12H2/t16-/m1/s1. The summed E-state index contributed by atoms with van der Waals surface area (Å²) < 4.78 is 10.5. The Hall–Kier alpha value is -2.96. The highest BCUT2D eigenvalue weighted by molar-refractivity contribution is 5.76. The van der Waals surface area contributed by atoms with E-state index in [0.29, 0.717) is 36.7 Å². The van der Waals surface area contributed by atoms with Crippen LogP contribution in [0.2, 0.25) is 0 Å². The van der Waals surface area contributed by atoms with Crippen LogP contribution >= 0.6 is 0 Å². The molecule has 0 aromatic carbocycles. The number of hydrogen-bond acceptors (Lipinski definition) is 6. The molecule has 7 nitrogen and oxygen atoms in total. The summed E-state index contributed by atoms with van der Waals surface area (Å²) in [6.45, 7) is 0.807. The van der Waals surface area contributed by atoms with Gasteiger partial charge in [0, 0.05) is 31.8 Å². The van der Waals surface area contributed by atoms with Crippen LogP contribution in [0.25, 0.3) is 11.6 Å². The summed E-state index contributed by atoms with van der Waals surface area (Å²) in [5.41, 5.74) is 1.12. The molecule has 0 bridgehead atoms. The van der Waals surface area contributed by atoms with Crippen LogP contribution in [-0.4, -0.2) is 32.5 Å². The predicted molar refractivity (Wildman–Crippen MR) is 97.5 cm³/mol. The first-order chi connectivity index (χ1) is 13.3. The molecular weight excluding hydrogens is 344 g/mol. The minimum absolute atomic E-state index is 0.133. The molecule has 1 fully saturated rings. The third kappa shape index (κ3) is 4.07. The van der Waals surface area contributed by atoms with Gasteiger partial charge in [-0.1, -0.05) is 11.2 Å². The molecule has 4 rings (SSSR count). The maximum atomic E-state index is 12.8. The highest BCUT2D eigenvalue weighted by Crippen LogP contribution is 2.31. The highest BCUT2D eigenvalue weighted by Gasteiger charge is 2.27. The van der Waals surface area contributed by atoms with Crippen molar-refractivity contribution < 1.29 is 13.7 Å². The minimum Gasteiger partial charge on any atom is -0.461 e. The molecule has 0 radical (unpaired) electrons. The molecule has 0 aliphatic carbocycles. The summed E-state index contributed by atoms with van der Waals surface area (Å²) in [4.78, 5) is 23.3. The van der Waals surface area contributed by atoms with Crippen molar-refractivity contribution in [3.8, 4) is 11.6 Å². The molecule has 0 saturated carbocycles. The van der Waals surface area contributed by atoms with Crippen molar-refractivity contribution in [2.45, 2.75) is 44.6 Å². The van der Waals surface area contributed by atoms with Gasteiger partial charge in [0.2, 0.25) is 17.6 Å². The second-order valence-corrected chi connectivity index (χ2v) is 6.73. The van der Waals surface area contributed by atoms with E-state index in [0.717, 1.165) is 31.4 Å². The largest absolute Gasteiger partial charge is 0.461 e. The number of rotatable bonds is 6. The lowest BCUT2D eigenvalue weighted by Gasteiger charge is -2.36. The second-order valence-electron chi connectivity index (χ2n) is 6.73. The third-order valence-electron chi connectivity index (χ3n) is 4.88. The fourth-order valence-corrected chi connectivity index (χ4v) is 3.55. The lowest BCUT2D eigenvalue weighted by molar-refractivity contribution is -0.135. The molecule has 0 N–H and O–H groups in total. The van der Waals surface area contributed by atoms with E-state index < -0.39 is 0 Å². The van der Waals surface area contributed by atoms with Gasteiger partial charge in [-0.15, -0.1) is 0 Å². The molecule has 1 aliphatic rings. The van der Waals surface area contributed by atoms with Gasteiger partial charge in [-0.3, -0.25) is 9.78 Å². The van der Waals surface area contributed by atoms with Crippen molar-refractivity contribution in [3.63, 3.8) is 0 Å².